The zero-order valence-electron chi connectivity index (χ0n) is 9.70. The molecule has 0 bridgehead atoms. The van der Waals surface area contributed by atoms with Crippen LogP contribution in [0.15, 0.2) is 52.0 Å². The molecule has 3 aromatic rings. The first-order valence-corrected chi connectivity index (χ1v) is 6.43. The zero-order valence-corrected chi connectivity index (χ0v) is 10.5. The number of amides is 1. The van der Waals surface area contributed by atoms with Gasteiger partial charge in [0.2, 0.25) is 5.88 Å². The van der Waals surface area contributed by atoms with Gasteiger partial charge in [-0.05, 0) is 17.5 Å². The minimum absolute atomic E-state index is 0.0936. The lowest BCUT2D eigenvalue weighted by atomic mass is 10.2. The van der Waals surface area contributed by atoms with Crippen molar-refractivity contribution >= 4 is 33.8 Å². The van der Waals surface area contributed by atoms with Crippen LogP contribution in [0.25, 0.3) is 10.9 Å². The Morgan fingerprint density at radius 2 is 2.05 bits per heavy atom. The number of aromatic nitrogens is 1. The van der Waals surface area contributed by atoms with Crippen molar-refractivity contribution in [3.05, 3.63) is 46.7 Å². The minimum atomic E-state index is -0.417. The molecule has 0 saturated carbocycles. The van der Waals surface area contributed by atoms with E-state index in [4.69, 9.17) is 0 Å². The van der Waals surface area contributed by atoms with Crippen LogP contribution in [0.1, 0.15) is 9.67 Å². The van der Waals surface area contributed by atoms with Crippen molar-refractivity contribution in [2.24, 2.45) is 10.2 Å². The maximum Gasteiger partial charge on any atom is 0.305 e. The quantitative estimate of drug-likeness (QED) is 0.694. The molecule has 6 heteroatoms. The maximum absolute atomic E-state index is 11.7. The predicted octanol–water partition coefficient (Wildman–Crippen LogP) is 3.86. The molecule has 3 rings (SSSR count). The third-order valence-electron chi connectivity index (χ3n) is 2.63. The van der Waals surface area contributed by atoms with Crippen LogP contribution in [0.4, 0.5) is 5.69 Å². The number of para-hydroxylation sites is 1. The molecule has 0 atom stereocenters. The van der Waals surface area contributed by atoms with Crippen molar-refractivity contribution in [3.63, 3.8) is 0 Å². The van der Waals surface area contributed by atoms with E-state index in [-0.39, 0.29) is 11.6 Å². The van der Waals surface area contributed by atoms with Crippen LogP contribution in [-0.4, -0.2) is 16.0 Å². The lowest BCUT2D eigenvalue weighted by Gasteiger charge is -1.90. The van der Waals surface area contributed by atoms with Gasteiger partial charge in [0.15, 0.2) is 5.69 Å². The van der Waals surface area contributed by atoms with E-state index in [0.717, 1.165) is 10.9 Å². The first-order valence-electron chi connectivity index (χ1n) is 5.55. The van der Waals surface area contributed by atoms with E-state index in [0.29, 0.717) is 4.88 Å². The van der Waals surface area contributed by atoms with Crippen LogP contribution in [0, 0.1) is 0 Å². The molecular weight excluding hydrogens is 262 g/mol. The summed E-state index contributed by atoms with van der Waals surface area (Å²) < 4.78 is 0. The summed E-state index contributed by atoms with van der Waals surface area (Å²) in [7, 11) is 0. The fourth-order valence-corrected chi connectivity index (χ4v) is 2.36. The number of nitrogens with zero attached hydrogens (tertiary/aromatic N) is 2. The Hall–Kier alpha value is -2.47. The topological polar surface area (TPSA) is 77.8 Å². The second-order valence-electron chi connectivity index (χ2n) is 3.85. The smallest absolute Gasteiger partial charge is 0.305 e. The fourth-order valence-electron chi connectivity index (χ4n) is 1.76. The molecule has 1 amide bonds. The number of aromatic amines is 1. The van der Waals surface area contributed by atoms with Crippen molar-refractivity contribution in [3.8, 4) is 5.88 Å². The van der Waals surface area contributed by atoms with E-state index in [1.54, 1.807) is 23.6 Å². The number of benzene rings is 1. The highest BCUT2D eigenvalue weighted by atomic mass is 32.1. The first-order chi connectivity index (χ1) is 9.25. The Morgan fingerprint density at radius 3 is 2.84 bits per heavy atom. The predicted molar refractivity (Wildman–Crippen MR) is 73.1 cm³/mol. The Morgan fingerprint density at radius 1 is 1.21 bits per heavy atom. The molecular formula is C13H9N3O2S. The summed E-state index contributed by atoms with van der Waals surface area (Å²) in [6.07, 6.45) is 0. The second kappa shape index (κ2) is 4.66. The molecule has 0 radical (unpaired) electrons. The molecule has 94 valence electrons. The summed E-state index contributed by atoms with van der Waals surface area (Å²) >= 11 is 1.30. The van der Waals surface area contributed by atoms with E-state index in [2.05, 4.69) is 15.2 Å². The average Bonchev–Trinajstić information content (AvgIpc) is 3.03. The summed E-state index contributed by atoms with van der Waals surface area (Å²) in [5.74, 6) is -0.511. The molecule has 2 aromatic heterocycles. The molecule has 0 aliphatic heterocycles. The van der Waals surface area contributed by atoms with Crippen LogP contribution in [-0.2, 0) is 0 Å². The summed E-state index contributed by atoms with van der Waals surface area (Å²) in [6, 6.07) is 10.7. The van der Waals surface area contributed by atoms with E-state index in [1.165, 1.54) is 11.3 Å². The normalized spacial score (nSPS) is 11.4. The number of azo groups is 1. The molecule has 0 saturated heterocycles. The van der Waals surface area contributed by atoms with Gasteiger partial charge in [0.25, 0.3) is 0 Å². The summed E-state index contributed by atoms with van der Waals surface area (Å²) in [6.45, 7) is 0. The van der Waals surface area contributed by atoms with Gasteiger partial charge in [0.05, 0.1) is 10.4 Å². The average molecular weight is 271 g/mol. The van der Waals surface area contributed by atoms with Crippen LogP contribution in [0.3, 0.4) is 0 Å². The maximum atomic E-state index is 11.7. The molecule has 2 N–H and O–H groups in total. The fraction of sp³-hybridized carbons (Fsp3) is 0. The van der Waals surface area contributed by atoms with Gasteiger partial charge in [0, 0.05) is 5.39 Å². The highest BCUT2D eigenvalue weighted by Crippen LogP contribution is 2.35. The monoisotopic (exact) mass is 271 g/mol. The van der Waals surface area contributed by atoms with Gasteiger partial charge in [-0.3, -0.25) is 4.79 Å². The van der Waals surface area contributed by atoms with Crippen LogP contribution < -0.4 is 0 Å². The lowest BCUT2D eigenvalue weighted by molar-refractivity contribution is 0.0999. The second-order valence-corrected chi connectivity index (χ2v) is 4.80. The molecule has 0 unspecified atom stereocenters. The number of carbonyl (C=O) groups is 1. The minimum Gasteiger partial charge on any atom is -0.493 e. The Bertz CT molecular complexity index is 759. The van der Waals surface area contributed by atoms with Crippen LogP contribution in [0.5, 0.6) is 5.88 Å². The van der Waals surface area contributed by atoms with Crippen molar-refractivity contribution in [1.29, 1.82) is 0 Å². The van der Waals surface area contributed by atoms with Gasteiger partial charge in [0.1, 0.15) is 0 Å². The standard InChI is InChI=1S/C13H9N3O2S/c17-12(10-6-3-7-19-10)16-15-11-8-4-1-2-5-9(8)14-13(11)18/h1-7,14,18H. The molecule has 2 heterocycles. The molecule has 1 aromatic carbocycles. The molecule has 19 heavy (non-hydrogen) atoms. The third kappa shape index (κ3) is 2.13. The van der Waals surface area contributed by atoms with Gasteiger partial charge < -0.3 is 10.1 Å². The van der Waals surface area contributed by atoms with Crippen LogP contribution in [0.2, 0.25) is 0 Å². The van der Waals surface area contributed by atoms with E-state index in [1.807, 2.05) is 18.2 Å². The number of carbonyl (C=O) groups excluding carboxylic acids is 1. The Kier molecular flexibility index (Phi) is 2.85. The Labute approximate surface area is 112 Å². The first kappa shape index (κ1) is 11.6. The molecule has 0 spiro atoms. The third-order valence-corrected chi connectivity index (χ3v) is 3.49. The van der Waals surface area contributed by atoms with Gasteiger partial charge in [-0.1, -0.05) is 24.3 Å². The number of nitrogens with one attached hydrogen (secondary N) is 1. The number of hydrogen-bond acceptors (Lipinski definition) is 4. The molecule has 5 nitrogen and oxygen atoms in total. The van der Waals surface area contributed by atoms with E-state index >= 15 is 0 Å². The largest absolute Gasteiger partial charge is 0.493 e. The van der Waals surface area contributed by atoms with E-state index < -0.39 is 5.91 Å². The summed E-state index contributed by atoms with van der Waals surface area (Å²) in [5.41, 5.74) is 1.03. The molecule has 0 fully saturated rings. The van der Waals surface area contributed by atoms with Crippen molar-refractivity contribution < 1.29 is 9.90 Å². The van der Waals surface area contributed by atoms with Gasteiger partial charge in [-0.15, -0.1) is 21.6 Å². The molecule has 0 aliphatic carbocycles. The number of aromatic hydroxyl groups is 1. The van der Waals surface area contributed by atoms with E-state index in [9.17, 15) is 9.90 Å². The van der Waals surface area contributed by atoms with Crippen molar-refractivity contribution in [2.75, 3.05) is 0 Å². The summed E-state index contributed by atoms with van der Waals surface area (Å²) in [5, 5.41) is 19.8. The number of fused-ring (bicyclic) bond motifs is 1. The van der Waals surface area contributed by atoms with Crippen LogP contribution >= 0.6 is 11.3 Å². The highest BCUT2D eigenvalue weighted by Gasteiger charge is 2.11. The van der Waals surface area contributed by atoms with Gasteiger partial charge >= 0.3 is 5.91 Å². The Balaban J connectivity index is 1.97. The highest BCUT2D eigenvalue weighted by molar-refractivity contribution is 7.12. The van der Waals surface area contributed by atoms with Crippen molar-refractivity contribution in [2.45, 2.75) is 0 Å². The number of H-pyrrole nitrogens is 1. The number of hydrogen-bond donors (Lipinski definition) is 2. The van der Waals surface area contributed by atoms with Crippen molar-refractivity contribution in [1.82, 2.24) is 4.98 Å². The SMILES string of the molecule is O=C(N=Nc1c(O)[nH]c2ccccc12)c1cccs1. The number of rotatable bonds is 2. The lowest BCUT2D eigenvalue weighted by Crippen LogP contribution is -1.87. The number of thiophene rings is 1. The zero-order chi connectivity index (χ0) is 13.2. The summed E-state index contributed by atoms with van der Waals surface area (Å²) in [4.78, 5) is 15.0. The van der Waals surface area contributed by atoms with Gasteiger partial charge in [-0.2, -0.15) is 0 Å². The molecule has 0 aliphatic rings. The van der Waals surface area contributed by atoms with Gasteiger partial charge in [-0.25, -0.2) is 0 Å².